The molecule has 0 aliphatic heterocycles. The first-order valence-corrected chi connectivity index (χ1v) is 6.52. The Morgan fingerprint density at radius 1 is 1.25 bits per heavy atom. The van der Waals surface area contributed by atoms with Crippen molar-refractivity contribution in [2.45, 2.75) is 45.4 Å². The van der Waals surface area contributed by atoms with Gasteiger partial charge in [-0.05, 0) is 24.7 Å². The molecule has 94 valence electrons. The third-order valence-electron chi connectivity index (χ3n) is 3.76. The van der Waals surface area contributed by atoms with Crippen molar-refractivity contribution in [3.05, 3.63) is 0 Å². The van der Waals surface area contributed by atoms with Crippen LogP contribution in [0.4, 0.5) is 0 Å². The molecule has 1 aliphatic carbocycles. The quantitative estimate of drug-likeness (QED) is 0.781. The highest BCUT2D eigenvalue weighted by atomic mass is 16.3. The van der Waals surface area contributed by atoms with Crippen molar-refractivity contribution < 1.29 is 9.90 Å². The van der Waals surface area contributed by atoms with Crippen molar-refractivity contribution in [3.8, 4) is 0 Å². The summed E-state index contributed by atoms with van der Waals surface area (Å²) >= 11 is 0. The number of amides is 1. The number of hydrogen-bond donors (Lipinski definition) is 1. The van der Waals surface area contributed by atoms with Crippen LogP contribution >= 0.6 is 0 Å². The Labute approximate surface area is 98.8 Å². The molecule has 0 unspecified atom stereocenters. The van der Waals surface area contributed by atoms with Gasteiger partial charge in [0.2, 0.25) is 5.91 Å². The third-order valence-corrected chi connectivity index (χ3v) is 3.76. The highest BCUT2D eigenvalue weighted by Gasteiger charge is 2.22. The number of carbonyl (C=O) groups is 1. The van der Waals surface area contributed by atoms with Crippen molar-refractivity contribution in [1.82, 2.24) is 4.90 Å². The van der Waals surface area contributed by atoms with Crippen molar-refractivity contribution in [2.75, 3.05) is 20.2 Å². The molecule has 16 heavy (non-hydrogen) atoms. The second-order valence-electron chi connectivity index (χ2n) is 5.11. The fraction of sp³-hybridized carbons (Fsp3) is 0.923. The molecule has 0 spiro atoms. The van der Waals surface area contributed by atoms with Crippen molar-refractivity contribution in [1.29, 1.82) is 0 Å². The molecular formula is C13H25NO2. The van der Waals surface area contributed by atoms with Crippen LogP contribution in [0.1, 0.15) is 45.4 Å². The fourth-order valence-electron chi connectivity index (χ4n) is 2.72. The zero-order valence-corrected chi connectivity index (χ0v) is 10.6. The van der Waals surface area contributed by atoms with E-state index in [-0.39, 0.29) is 12.5 Å². The molecule has 1 N–H and O–H groups in total. The van der Waals surface area contributed by atoms with E-state index in [1.807, 2.05) is 0 Å². The predicted molar refractivity (Wildman–Crippen MR) is 65.1 cm³/mol. The minimum atomic E-state index is -0.359. The van der Waals surface area contributed by atoms with Gasteiger partial charge in [-0.2, -0.15) is 0 Å². The molecule has 0 aromatic heterocycles. The molecule has 1 rings (SSSR count). The zero-order valence-electron chi connectivity index (χ0n) is 10.6. The van der Waals surface area contributed by atoms with E-state index < -0.39 is 0 Å². The Bertz CT molecular complexity index is 210. The van der Waals surface area contributed by atoms with Gasteiger partial charge in [-0.3, -0.25) is 4.79 Å². The van der Waals surface area contributed by atoms with Crippen LogP contribution in [0.25, 0.3) is 0 Å². The van der Waals surface area contributed by atoms with E-state index in [4.69, 9.17) is 5.11 Å². The first-order chi connectivity index (χ1) is 7.67. The first kappa shape index (κ1) is 13.5. The molecule has 0 heterocycles. The normalized spacial score (nSPS) is 25.4. The van der Waals surface area contributed by atoms with Crippen LogP contribution in [0.15, 0.2) is 0 Å². The summed E-state index contributed by atoms with van der Waals surface area (Å²) in [5.74, 6) is 1.41. The Kier molecular flexibility index (Phi) is 5.81. The van der Waals surface area contributed by atoms with Crippen molar-refractivity contribution in [3.63, 3.8) is 0 Å². The largest absolute Gasteiger partial charge is 0.387 e. The lowest BCUT2D eigenvalue weighted by Crippen LogP contribution is -2.35. The van der Waals surface area contributed by atoms with Crippen molar-refractivity contribution in [2.24, 2.45) is 11.8 Å². The SMILES string of the molecule is CCCC1CCC(CN(C)C(=O)CO)CC1. The van der Waals surface area contributed by atoms with Gasteiger partial charge in [0.05, 0.1) is 0 Å². The Hall–Kier alpha value is -0.570. The number of likely N-dealkylation sites (N-methyl/N-ethyl adjacent to an activating group) is 1. The first-order valence-electron chi connectivity index (χ1n) is 6.52. The molecule has 0 atom stereocenters. The second-order valence-corrected chi connectivity index (χ2v) is 5.11. The summed E-state index contributed by atoms with van der Waals surface area (Å²) in [5.41, 5.74) is 0. The minimum absolute atomic E-state index is 0.157. The van der Waals surface area contributed by atoms with Gasteiger partial charge in [0.15, 0.2) is 0 Å². The van der Waals surface area contributed by atoms with Gasteiger partial charge in [0, 0.05) is 13.6 Å². The maximum absolute atomic E-state index is 11.2. The molecule has 1 aliphatic rings. The maximum Gasteiger partial charge on any atom is 0.248 e. The summed E-state index contributed by atoms with van der Waals surface area (Å²) in [7, 11) is 1.79. The van der Waals surface area contributed by atoms with Crippen LogP contribution in [0.2, 0.25) is 0 Å². The number of carbonyl (C=O) groups excluding carboxylic acids is 1. The standard InChI is InChI=1S/C13H25NO2/c1-3-4-11-5-7-12(8-6-11)9-14(2)13(16)10-15/h11-12,15H,3-10H2,1-2H3. The fourth-order valence-corrected chi connectivity index (χ4v) is 2.72. The van der Waals surface area contributed by atoms with Crippen LogP contribution in [0, 0.1) is 11.8 Å². The van der Waals surface area contributed by atoms with Gasteiger partial charge in [-0.25, -0.2) is 0 Å². The summed E-state index contributed by atoms with van der Waals surface area (Å²) in [6, 6.07) is 0. The Morgan fingerprint density at radius 2 is 1.81 bits per heavy atom. The summed E-state index contributed by atoms with van der Waals surface area (Å²) in [6.07, 6.45) is 7.77. The number of hydrogen-bond acceptors (Lipinski definition) is 2. The molecule has 3 nitrogen and oxygen atoms in total. The summed E-state index contributed by atoms with van der Waals surface area (Å²) in [4.78, 5) is 12.9. The van der Waals surface area contributed by atoms with Crippen LogP contribution in [0.3, 0.4) is 0 Å². The van der Waals surface area contributed by atoms with Crippen LogP contribution in [-0.4, -0.2) is 36.1 Å². The molecule has 0 aromatic carbocycles. The van der Waals surface area contributed by atoms with E-state index in [1.54, 1.807) is 11.9 Å². The Balaban J connectivity index is 2.24. The number of aliphatic hydroxyl groups is 1. The number of rotatable bonds is 5. The van der Waals surface area contributed by atoms with E-state index in [0.717, 1.165) is 12.5 Å². The summed E-state index contributed by atoms with van der Waals surface area (Å²) in [5, 5.41) is 8.76. The molecule has 0 saturated heterocycles. The van der Waals surface area contributed by atoms with Gasteiger partial charge in [0.1, 0.15) is 6.61 Å². The average Bonchev–Trinajstić information content (AvgIpc) is 2.31. The van der Waals surface area contributed by atoms with E-state index in [0.29, 0.717) is 5.92 Å². The number of nitrogens with zero attached hydrogens (tertiary/aromatic N) is 1. The molecule has 1 fully saturated rings. The van der Waals surface area contributed by atoms with E-state index in [2.05, 4.69) is 6.92 Å². The maximum atomic E-state index is 11.2. The van der Waals surface area contributed by atoms with Gasteiger partial charge in [0.25, 0.3) is 0 Å². The van der Waals surface area contributed by atoms with Crippen LogP contribution < -0.4 is 0 Å². The van der Waals surface area contributed by atoms with Crippen molar-refractivity contribution >= 4 is 5.91 Å². The molecular weight excluding hydrogens is 202 g/mol. The smallest absolute Gasteiger partial charge is 0.248 e. The molecule has 3 heteroatoms. The van der Waals surface area contributed by atoms with Gasteiger partial charge in [-0.15, -0.1) is 0 Å². The lowest BCUT2D eigenvalue weighted by atomic mass is 9.80. The lowest BCUT2D eigenvalue weighted by molar-refractivity contribution is -0.133. The van der Waals surface area contributed by atoms with Crippen LogP contribution in [-0.2, 0) is 4.79 Å². The highest BCUT2D eigenvalue weighted by Crippen LogP contribution is 2.31. The second kappa shape index (κ2) is 6.89. The molecule has 1 saturated carbocycles. The van der Waals surface area contributed by atoms with E-state index >= 15 is 0 Å². The minimum Gasteiger partial charge on any atom is -0.387 e. The van der Waals surface area contributed by atoms with E-state index in [9.17, 15) is 4.79 Å². The molecule has 0 bridgehead atoms. The molecule has 0 aromatic rings. The number of aliphatic hydroxyl groups excluding tert-OH is 1. The molecule has 1 amide bonds. The predicted octanol–water partition coefficient (Wildman–Crippen LogP) is 2.04. The summed E-state index contributed by atoms with van der Waals surface area (Å²) in [6.45, 7) is 2.71. The summed E-state index contributed by atoms with van der Waals surface area (Å²) < 4.78 is 0. The zero-order chi connectivity index (χ0) is 12.0. The van der Waals surface area contributed by atoms with Gasteiger partial charge >= 0.3 is 0 Å². The van der Waals surface area contributed by atoms with Gasteiger partial charge < -0.3 is 10.0 Å². The topological polar surface area (TPSA) is 40.5 Å². The third kappa shape index (κ3) is 4.12. The van der Waals surface area contributed by atoms with E-state index in [1.165, 1.54) is 38.5 Å². The van der Waals surface area contributed by atoms with Gasteiger partial charge in [-0.1, -0.05) is 32.6 Å². The average molecular weight is 227 g/mol. The Morgan fingerprint density at radius 3 is 2.31 bits per heavy atom. The lowest BCUT2D eigenvalue weighted by Gasteiger charge is -2.31. The molecule has 0 radical (unpaired) electrons. The van der Waals surface area contributed by atoms with Crippen LogP contribution in [0.5, 0.6) is 0 Å². The highest BCUT2D eigenvalue weighted by molar-refractivity contribution is 5.76. The monoisotopic (exact) mass is 227 g/mol.